The number of thiazole rings is 1. The van der Waals surface area contributed by atoms with Crippen molar-refractivity contribution in [3.8, 4) is 0 Å². The molecule has 0 saturated heterocycles. The summed E-state index contributed by atoms with van der Waals surface area (Å²) in [6, 6.07) is 5.54. The zero-order chi connectivity index (χ0) is 11.5. The summed E-state index contributed by atoms with van der Waals surface area (Å²) >= 11 is 9.66. The first kappa shape index (κ1) is 12.3. The van der Waals surface area contributed by atoms with Crippen LogP contribution in [-0.2, 0) is 6.42 Å². The van der Waals surface area contributed by atoms with Crippen LogP contribution >= 0.6 is 45.5 Å². The molecule has 0 bridgehead atoms. The lowest BCUT2D eigenvalue weighted by Crippen LogP contribution is -2.03. The second kappa shape index (κ2) is 5.44. The third kappa shape index (κ3) is 2.94. The van der Waals surface area contributed by atoms with Crippen LogP contribution in [0.5, 0.6) is 0 Å². The molecule has 0 radical (unpaired) electrons. The van der Waals surface area contributed by atoms with Gasteiger partial charge in [0, 0.05) is 26.6 Å². The zero-order valence-corrected chi connectivity index (χ0v) is 12.0. The fourth-order valence-corrected chi connectivity index (χ4v) is 2.93. The van der Waals surface area contributed by atoms with E-state index in [-0.39, 0.29) is 0 Å². The molecule has 2 aromatic rings. The average molecular weight is 366 g/mol. The van der Waals surface area contributed by atoms with Crippen molar-refractivity contribution in [2.24, 2.45) is 0 Å². The first-order valence-corrected chi connectivity index (χ1v) is 7.02. The largest absolute Gasteiger partial charge is 0.388 e. The Labute approximate surface area is 116 Å². The van der Waals surface area contributed by atoms with Crippen LogP contribution in [0.25, 0.3) is 0 Å². The molecule has 0 spiro atoms. The highest BCUT2D eigenvalue weighted by Crippen LogP contribution is 2.26. The summed E-state index contributed by atoms with van der Waals surface area (Å²) in [6.07, 6.45) is 1.74. The maximum Gasteiger partial charge on any atom is 0.0954 e. The lowest BCUT2D eigenvalue weighted by molar-refractivity contribution is 0.177. The van der Waals surface area contributed by atoms with Crippen LogP contribution in [0.2, 0.25) is 5.02 Å². The van der Waals surface area contributed by atoms with E-state index >= 15 is 0 Å². The molecule has 0 aliphatic rings. The van der Waals surface area contributed by atoms with E-state index in [1.54, 1.807) is 17.5 Å². The second-order valence-corrected chi connectivity index (χ2v) is 5.89. The normalized spacial score (nSPS) is 12.7. The molecule has 1 aromatic carbocycles. The molecule has 2 rings (SSSR count). The van der Waals surface area contributed by atoms with Gasteiger partial charge in [0.1, 0.15) is 0 Å². The van der Waals surface area contributed by atoms with Crippen molar-refractivity contribution in [3.63, 3.8) is 0 Å². The topological polar surface area (TPSA) is 33.1 Å². The van der Waals surface area contributed by atoms with Gasteiger partial charge in [-0.05, 0) is 46.4 Å². The third-order valence-electron chi connectivity index (χ3n) is 2.17. The Kier molecular flexibility index (Phi) is 4.18. The molecule has 16 heavy (non-hydrogen) atoms. The Balaban J connectivity index is 2.20. The highest BCUT2D eigenvalue weighted by atomic mass is 127. The standard InChI is InChI=1S/C11H9ClINOS/c12-7-1-2-9(13)8(5-7)10(15)6-11-14-3-4-16-11/h1-5,10,15H,6H2. The molecule has 0 saturated carbocycles. The number of aliphatic hydroxyl groups excluding tert-OH is 1. The number of rotatable bonds is 3. The average Bonchev–Trinajstić information content (AvgIpc) is 2.74. The van der Waals surface area contributed by atoms with Crippen molar-refractivity contribution in [1.29, 1.82) is 0 Å². The zero-order valence-electron chi connectivity index (χ0n) is 8.23. The van der Waals surface area contributed by atoms with Gasteiger partial charge in [-0.1, -0.05) is 11.6 Å². The smallest absolute Gasteiger partial charge is 0.0954 e. The minimum Gasteiger partial charge on any atom is -0.388 e. The van der Waals surface area contributed by atoms with Crippen molar-refractivity contribution >= 4 is 45.5 Å². The van der Waals surface area contributed by atoms with Crippen LogP contribution in [0.3, 0.4) is 0 Å². The second-order valence-electron chi connectivity index (χ2n) is 3.31. The first-order chi connectivity index (χ1) is 7.66. The molecule has 2 nitrogen and oxygen atoms in total. The van der Waals surface area contributed by atoms with E-state index in [4.69, 9.17) is 11.6 Å². The molecule has 0 aliphatic carbocycles. The number of nitrogens with zero attached hydrogens (tertiary/aromatic N) is 1. The maximum atomic E-state index is 10.1. The molecule has 1 N–H and O–H groups in total. The predicted molar refractivity (Wildman–Crippen MR) is 74.9 cm³/mol. The quantitative estimate of drug-likeness (QED) is 0.842. The van der Waals surface area contributed by atoms with Crippen LogP contribution in [0.1, 0.15) is 16.7 Å². The number of hydrogen-bond donors (Lipinski definition) is 1. The van der Waals surface area contributed by atoms with Crippen molar-refractivity contribution < 1.29 is 5.11 Å². The van der Waals surface area contributed by atoms with Crippen molar-refractivity contribution in [1.82, 2.24) is 4.98 Å². The van der Waals surface area contributed by atoms with Crippen molar-refractivity contribution in [2.45, 2.75) is 12.5 Å². The maximum absolute atomic E-state index is 10.1. The molecule has 1 aromatic heterocycles. The van der Waals surface area contributed by atoms with E-state index in [2.05, 4.69) is 27.6 Å². The van der Waals surface area contributed by atoms with Gasteiger partial charge in [0.25, 0.3) is 0 Å². The number of hydrogen-bond acceptors (Lipinski definition) is 3. The van der Waals surface area contributed by atoms with Crippen molar-refractivity contribution in [2.75, 3.05) is 0 Å². The van der Waals surface area contributed by atoms with Gasteiger partial charge in [0.2, 0.25) is 0 Å². The number of aliphatic hydroxyl groups is 1. The SMILES string of the molecule is OC(Cc1nccs1)c1cc(Cl)ccc1I. The molecule has 1 atom stereocenters. The van der Waals surface area contributed by atoms with E-state index in [9.17, 15) is 5.11 Å². The summed E-state index contributed by atoms with van der Waals surface area (Å²) in [5, 5.41) is 13.6. The monoisotopic (exact) mass is 365 g/mol. The van der Waals surface area contributed by atoms with Crippen LogP contribution in [0, 0.1) is 3.57 Å². The molecular weight excluding hydrogens is 357 g/mol. The summed E-state index contributed by atoms with van der Waals surface area (Å²) < 4.78 is 1.02. The molecule has 5 heteroatoms. The van der Waals surface area contributed by atoms with E-state index in [1.165, 1.54) is 0 Å². The fraction of sp³-hybridized carbons (Fsp3) is 0.182. The van der Waals surface area contributed by atoms with Gasteiger partial charge in [0.05, 0.1) is 11.1 Å². The van der Waals surface area contributed by atoms with Crippen LogP contribution in [-0.4, -0.2) is 10.1 Å². The minimum absolute atomic E-state index is 0.536. The Bertz CT molecular complexity index is 475. The van der Waals surface area contributed by atoms with Gasteiger partial charge < -0.3 is 5.11 Å². The molecule has 0 aliphatic heterocycles. The molecule has 1 heterocycles. The molecule has 84 valence electrons. The van der Waals surface area contributed by atoms with Gasteiger partial charge in [-0.25, -0.2) is 4.98 Å². The number of halogens is 2. The van der Waals surface area contributed by atoms with E-state index < -0.39 is 6.10 Å². The van der Waals surface area contributed by atoms with Gasteiger partial charge >= 0.3 is 0 Å². The van der Waals surface area contributed by atoms with Gasteiger partial charge in [0.15, 0.2) is 0 Å². The van der Waals surface area contributed by atoms with E-state index in [0.29, 0.717) is 11.4 Å². The Hall–Kier alpha value is -0.170. The molecular formula is C11H9ClINOS. The Morgan fingerprint density at radius 3 is 3.00 bits per heavy atom. The van der Waals surface area contributed by atoms with E-state index in [1.807, 2.05) is 23.6 Å². The van der Waals surface area contributed by atoms with Crippen LogP contribution < -0.4 is 0 Å². The number of aromatic nitrogens is 1. The Morgan fingerprint density at radius 1 is 1.50 bits per heavy atom. The predicted octanol–water partition coefficient (Wildman–Crippen LogP) is 3.68. The fourth-order valence-electron chi connectivity index (χ4n) is 1.40. The lowest BCUT2D eigenvalue weighted by Gasteiger charge is -2.11. The summed E-state index contributed by atoms with van der Waals surface area (Å²) in [7, 11) is 0. The Morgan fingerprint density at radius 2 is 2.31 bits per heavy atom. The number of benzene rings is 1. The third-order valence-corrected chi connectivity index (χ3v) is 4.19. The molecule has 1 unspecified atom stereocenters. The molecule has 0 amide bonds. The highest BCUT2D eigenvalue weighted by molar-refractivity contribution is 14.1. The summed E-state index contributed by atoms with van der Waals surface area (Å²) in [5.41, 5.74) is 0.864. The molecule has 0 fully saturated rings. The summed E-state index contributed by atoms with van der Waals surface area (Å²) in [4.78, 5) is 4.16. The highest BCUT2D eigenvalue weighted by Gasteiger charge is 2.13. The lowest BCUT2D eigenvalue weighted by atomic mass is 10.1. The summed E-state index contributed by atoms with van der Waals surface area (Å²) in [6.45, 7) is 0. The van der Waals surface area contributed by atoms with Crippen molar-refractivity contribution in [3.05, 3.63) is 48.9 Å². The van der Waals surface area contributed by atoms with Gasteiger partial charge in [-0.15, -0.1) is 11.3 Å². The van der Waals surface area contributed by atoms with Gasteiger partial charge in [-0.2, -0.15) is 0 Å². The van der Waals surface area contributed by atoms with Crippen LogP contribution in [0.15, 0.2) is 29.8 Å². The van der Waals surface area contributed by atoms with Gasteiger partial charge in [-0.3, -0.25) is 0 Å². The minimum atomic E-state index is -0.545. The van der Waals surface area contributed by atoms with E-state index in [0.717, 1.165) is 14.1 Å². The summed E-state index contributed by atoms with van der Waals surface area (Å²) in [5.74, 6) is 0. The first-order valence-electron chi connectivity index (χ1n) is 4.68. The van der Waals surface area contributed by atoms with Crippen LogP contribution in [0.4, 0.5) is 0 Å².